The zero-order chi connectivity index (χ0) is 24.8. The molecule has 1 amide bonds. The quantitative estimate of drug-likeness (QED) is 0.416. The molecule has 2 aromatic carbocycles. The Bertz CT molecular complexity index is 1130. The lowest BCUT2D eigenvalue weighted by Gasteiger charge is -2.33. The molecule has 0 spiro atoms. The SMILES string of the molecule is O=C1C(N(CCN2CCCCC2)S(=O)(=O)c2ccc(Oc3ccc(Cl)cc3)cc2)CC=CCN1O. The zero-order valence-corrected chi connectivity index (χ0v) is 21.0. The maximum atomic E-state index is 13.8. The van der Waals surface area contributed by atoms with Gasteiger partial charge in [0, 0.05) is 18.1 Å². The number of benzene rings is 2. The average molecular weight is 520 g/mol. The molecule has 8 nitrogen and oxygen atoms in total. The van der Waals surface area contributed by atoms with Gasteiger partial charge in [0.15, 0.2) is 0 Å². The number of sulfonamides is 1. The van der Waals surface area contributed by atoms with E-state index in [2.05, 4.69) is 4.90 Å². The van der Waals surface area contributed by atoms with Crippen LogP contribution in [-0.4, -0.2) is 72.6 Å². The summed E-state index contributed by atoms with van der Waals surface area (Å²) in [5, 5.41) is 11.3. The number of ether oxygens (including phenoxy) is 1. The highest BCUT2D eigenvalue weighted by molar-refractivity contribution is 7.89. The molecule has 0 bridgehead atoms. The molecule has 188 valence electrons. The van der Waals surface area contributed by atoms with Gasteiger partial charge in [0.1, 0.15) is 17.5 Å². The van der Waals surface area contributed by atoms with Crippen molar-refractivity contribution in [2.75, 3.05) is 32.7 Å². The number of nitrogens with zero attached hydrogens (tertiary/aromatic N) is 3. The molecule has 0 aromatic heterocycles. The smallest absolute Gasteiger partial charge is 0.264 e. The van der Waals surface area contributed by atoms with Gasteiger partial charge in [-0.1, -0.05) is 30.2 Å². The largest absolute Gasteiger partial charge is 0.457 e. The molecule has 2 aromatic rings. The van der Waals surface area contributed by atoms with Crippen molar-refractivity contribution in [2.45, 2.75) is 36.6 Å². The number of halogens is 1. The first-order valence-electron chi connectivity index (χ1n) is 11.8. The van der Waals surface area contributed by atoms with Crippen LogP contribution in [0.5, 0.6) is 11.5 Å². The monoisotopic (exact) mass is 519 g/mol. The van der Waals surface area contributed by atoms with Crippen molar-refractivity contribution in [1.29, 1.82) is 0 Å². The van der Waals surface area contributed by atoms with E-state index in [1.54, 1.807) is 48.6 Å². The molecule has 0 saturated carbocycles. The van der Waals surface area contributed by atoms with E-state index in [0.717, 1.165) is 25.9 Å². The Morgan fingerprint density at radius 2 is 1.60 bits per heavy atom. The molecular weight excluding hydrogens is 490 g/mol. The molecule has 0 aliphatic carbocycles. The Morgan fingerprint density at radius 1 is 0.971 bits per heavy atom. The number of carbonyl (C=O) groups excluding carboxylic acids is 1. The summed E-state index contributed by atoms with van der Waals surface area (Å²) in [5.41, 5.74) is 0. The maximum absolute atomic E-state index is 13.8. The molecule has 2 heterocycles. The van der Waals surface area contributed by atoms with Gasteiger partial charge in [0.05, 0.1) is 11.4 Å². The Morgan fingerprint density at radius 3 is 2.26 bits per heavy atom. The standard InChI is InChI=1S/C25H30ClN3O5S/c26-20-7-9-21(10-8-20)34-22-11-13-23(14-12-22)35(32,33)29(19-18-27-15-3-1-4-16-27)24-6-2-5-17-28(31)25(24)30/h2,5,7-14,24,31H,1,3-4,6,15-19H2. The normalized spacial score (nSPS) is 19.7. The third-order valence-electron chi connectivity index (χ3n) is 6.26. The summed E-state index contributed by atoms with van der Waals surface area (Å²) >= 11 is 5.91. The number of amides is 1. The summed E-state index contributed by atoms with van der Waals surface area (Å²) in [6.07, 6.45) is 6.94. The summed E-state index contributed by atoms with van der Waals surface area (Å²) in [6.45, 7) is 2.54. The Kier molecular flexibility index (Phi) is 8.46. The molecule has 4 rings (SSSR count). The minimum atomic E-state index is -4.03. The zero-order valence-electron chi connectivity index (χ0n) is 19.4. The van der Waals surface area contributed by atoms with Gasteiger partial charge in [-0.2, -0.15) is 4.31 Å². The van der Waals surface area contributed by atoms with Crippen molar-refractivity contribution in [2.24, 2.45) is 0 Å². The molecule has 0 radical (unpaired) electrons. The van der Waals surface area contributed by atoms with E-state index in [1.165, 1.54) is 22.9 Å². The van der Waals surface area contributed by atoms with Crippen LogP contribution < -0.4 is 4.74 Å². The van der Waals surface area contributed by atoms with Crippen molar-refractivity contribution < 1.29 is 23.2 Å². The number of carbonyl (C=O) groups is 1. The second-order valence-corrected chi connectivity index (χ2v) is 11.0. The molecule has 1 saturated heterocycles. The van der Waals surface area contributed by atoms with Crippen molar-refractivity contribution in [3.63, 3.8) is 0 Å². The second kappa shape index (κ2) is 11.5. The summed E-state index contributed by atoms with van der Waals surface area (Å²) in [4.78, 5) is 15.2. The van der Waals surface area contributed by atoms with E-state index >= 15 is 0 Å². The lowest BCUT2D eigenvalue weighted by Crippen LogP contribution is -2.51. The van der Waals surface area contributed by atoms with E-state index in [4.69, 9.17) is 16.3 Å². The van der Waals surface area contributed by atoms with E-state index < -0.39 is 22.0 Å². The van der Waals surface area contributed by atoms with Gasteiger partial charge in [-0.3, -0.25) is 10.0 Å². The van der Waals surface area contributed by atoms with Crippen LogP contribution >= 0.6 is 11.6 Å². The van der Waals surface area contributed by atoms with Gasteiger partial charge in [0.25, 0.3) is 5.91 Å². The molecule has 10 heteroatoms. The molecular formula is C25H30ClN3O5S. The fourth-order valence-corrected chi connectivity index (χ4v) is 6.03. The van der Waals surface area contributed by atoms with Gasteiger partial charge in [-0.25, -0.2) is 13.5 Å². The van der Waals surface area contributed by atoms with Crippen molar-refractivity contribution in [3.8, 4) is 11.5 Å². The summed E-state index contributed by atoms with van der Waals surface area (Å²) < 4.78 is 34.5. The van der Waals surface area contributed by atoms with Crippen molar-refractivity contribution >= 4 is 27.5 Å². The highest BCUT2D eigenvalue weighted by Gasteiger charge is 2.38. The van der Waals surface area contributed by atoms with Gasteiger partial charge in [0.2, 0.25) is 10.0 Å². The Balaban J connectivity index is 1.57. The minimum Gasteiger partial charge on any atom is -0.457 e. The first-order valence-corrected chi connectivity index (χ1v) is 13.6. The summed E-state index contributed by atoms with van der Waals surface area (Å²) in [5.74, 6) is 0.424. The number of hydroxylamine groups is 2. The lowest BCUT2D eigenvalue weighted by atomic mass is 10.1. The molecule has 1 N–H and O–H groups in total. The van der Waals surface area contributed by atoms with Gasteiger partial charge < -0.3 is 9.64 Å². The van der Waals surface area contributed by atoms with Crippen molar-refractivity contribution in [3.05, 3.63) is 65.7 Å². The Labute approximate surface area is 211 Å². The van der Waals surface area contributed by atoms with E-state index in [0.29, 0.717) is 28.1 Å². The fourth-order valence-electron chi connectivity index (χ4n) is 4.32. The van der Waals surface area contributed by atoms with Gasteiger partial charge in [-0.15, -0.1) is 0 Å². The van der Waals surface area contributed by atoms with Crippen LogP contribution in [0.3, 0.4) is 0 Å². The van der Waals surface area contributed by atoms with Gasteiger partial charge >= 0.3 is 0 Å². The summed E-state index contributed by atoms with van der Waals surface area (Å²) in [6, 6.07) is 12.0. The maximum Gasteiger partial charge on any atom is 0.264 e. The van der Waals surface area contributed by atoms with E-state index in [1.807, 2.05) is 0 Å². The van der Waals surface area contributed by atoms with Crippen molar-refractivity contribution in [1.82, 2.24) is 14.3 Å². The molecule has 35 heavy (non-hydrogen) atoms. The van der Waals surface area contributed by atoms with Crippen LogP contribution in [0.4, 0.5) is 0 Å². The molecule has 1 unspecified atom stereocenters. The predicted octanol–water partition coefficient (Wildman–Crippen LogP) is 4.16. The number of likely N-dealkylation sites (tertiary alicyclic amines) is 1. The third-order valence-corrected chi connectivity index (χ3v) is 8.43. The van der Waals surface area contributed by atoms with E-state index in [9.17, 15) is 18.4 Å². The third kappa shape index (κ3) is 6.42. The highest BCUT2D eigenvalue weighted by atomic mass is 35.5. The average Bonchev–Trinajstić information content (AvgIpc) is 3.02. The lowest BCUT2D eigenvalue weighted by molar-refractivity contribution is -0.166. The van der Waals surface area contributed by atoms with Crippen LogP contribution in [0.1, 0.15) is 25.7 Å². The molecule has 2 aliphatic heterocycles. The van der Waals surface area contributed by atoms with E-state index in [-0.39, 0.29) is 24.4 Å². The second-order valence-electron chi connectivity index (χ2n) is 8.69. The summed E-state index contributed by atoms with van der Waals surface area (Å²) in [7, 11) is -4.03. The number of hydrogen-bond donors (Lipinski definition) is 1. The number of rotatable bonds is 8. The Hall–Kier alpha value is -2.43. The predicted molar refractivity (Wildman–Crippen MR) is 133 cm³/mol. The van der Waals surface area contributed by atoms with Gasteiger partial charge in [-0.05, 0) is 80.9 Å². The molecule has 1 atom stereocenters. The van der Waals surface area contributed by atoms with Crippen LogP contribution in [-0.2, 0) is 14.8 Å². The number of hydrogen-bond acceptors (Lipinski definition) is 6. The highest BCUT2D eigenvalue weighted by Crippen LogP contribution is 2.27. The molecule has 1 fully saturated rings. The molecule has 2 aliphatic rings. The fraction of sp³-hybridized carbons (Fsp3) is 0.400. The van der Waals surface area contributed by atoms with Crippen LogP contribution in [0.25, 0.3) is 0 Å². The topological polar surface area (TPSA) is 90.4 Å². The van der Waals surface area contributed by atoms with Crippen LogP contribution in [0.15, 0.2) is 65.6 Å². The van der Waals surface area contributed by atoms with Crippen LogP contribution in [0, 0.1) is 0 Å². The first-order chi connectivity index (χ1) is 16.8. The van der Waals surface area contributed by atoms with Crippen LogP contribution in [0.2, 0.25) is 5.02 Å². The minimum absolute atomic E-state index is 0.0338. The first kappa shape index (κ1) is 25.7. The number of piperidine rings is 1.